The Hall–Kier alpha value is -1.33. The van der Waals surface area contributed by atoms with Gasteiger partial charge in [0.25, 0.3) is 0 Å². The van der Waals surface area contributed by atoms with Crippen LogP contribution < -0.4 is 5.32 Å². The van der Waals surface area contributed by atoms with Crippen molar-refractivity contribution >= 4 is 15.9 Å². The van der Waals surface area contributed by atoms with Gasteiger partial charge in [-0.05, 0) is 58.7 Å². The normalized spacial score (nSPS) is 12.5. The summed E-state index contributed by atoms with van der Waals surface area (Å²) in [4.78, 5) is 0. The summed E-state index contributed by atoms with van der Waals surface area (Å²) in [7, 11) is 0. The van der Waals surface area contributed by atoms with E-state index in [1.54, 1.807) is 6.92 Å². The van der Waals surface area contributed by atoms with Crippen molar-refractivity contribution in [1.82, 2.24) is 5.32 Å². The Morgan fingerprint density at radius 1 is 1.10 bits per heavy atom. The van der Waals surface area contributed by atoms with Crippen LogP contribution in [0.25, 0.3) is 0 Å². The molecule has 5 heteroatoms. The topological polar surface area (TPSA) is 12.0 Å². The summed E-state index contributed by atoms with van der Waals surface area (Å²) in [6.07, 6.45) is 0. The molecule has 0 aliphatic heterocycles. The maximum atomic E-state index is 14.3. The highest BCUT2D eigenvalue weighted by atomic mass is 79.9. The molecule has 21 heavy (non-hydrogen) atoms. The lowest BCUT2D eigenvalue weighted by molar-refractivity contribution is 0.505. The fourth-order valence-corrected chi connectivity index (χ4v) is 2.62. The molecule has 1 nitrogen and oxygen atoms in total. The number of hydrogen-bond acceptors (Lipinski definition) is 1. The summed E-state index contributed by atoms with van der Waals surface area (Å²) in [5.41, 5.74) is 0.916. The van der Waals surface area contributed by atoms with E-state index in [1.165, 1.54) is 30.3 Å². The van der Waals surface area contributed by atoms with Crippen molar-refractivity contribution in [1.29, 1.82) is 0 Å². The molecule has 2 aromatic carbocycles. The minimum atomic E-state index is -0.674. The monoisotopic (exact) mass is 357 g/mol. The van der Waals surface area contributed by atoms with Crippen LogP contribution in [0.2, 0.25) is 0 Å². The van der Waals surface area contributed by atoms with Gasteiger partial charge in [-0.2, -0.15) is 0 Å². The average molecular weight is 358 g/mol. The molecule has 112 valence electrons. The molecule has 0 bridgehead atoms. The van der Waals surface area contributed by atoms with E-state index >= 15 is 0 Å². The van der Waals surface area contributed by atoms with Crippen molar-refractivity contribution in [2.24, 2.45) is 0 Å². The van der Waals surface area contributed by atoms with Gasteiger partial charge >= 0.3 is 0 Å². The van der Waals surface area contributed by atoms with Gasteiger partial charge in [0.1, 0.15) is 17.5 Å². The van der Waals surface area contributed by atoms with Crippen LogP contribution in [0.4, 0.5) is 13.2 Å². The van der Waals surface area contributed by atoms with Crippen molar-refractivity contribution in [3.8, 4) is 0 Å². The summed E-state index contributed by atoms with van der Waals surface area (Å²) in [6.45, 7) is 3.95. The molecule has 1 atom stereocenters. The molecule has 2 rings (SSSR count). The summed E-state index contributed by atoms with van der Waals surface area (Å²) >= 11 is 3.10. The van der Waals surface area contributed by atoms with E-state index in [4.69, 9.17) is 0 Å². The first-order valence-corrected chi connectivity index (χ1v) is 7.37. The molecule has 0 heterocycles. The standard InChI is InChI=1S/C16H15BrF3N/c1-3-21-16(10-5-7-12(18)11(17)8-10)14-13(19)6-4-9(2)15(14)20/h4-8,16,21H,3H2,1-2H3. The zero-order valence-electron chi connectivity index (χ0n) is 11.7. The van der Waals surface area contributed by atoms with Crippen LogP contribution in [0.15, 0.2) is 34.8 Å². The number of halogens is 4. The van der Waals surface area contributed by atoms with Gasteiger partial charge in [0.05, 0.1) is 10.5 Å². The predicted molar refractivity (Wildman–Crippen MR) is 80.7 cm³/mol. The van der Waals surface area contributed by atoms with Crippen molar-refractivity contribution < 1.29 is 13.2 Å². The second-order valence-electron chi connectivity index (χ2n) is 4.76. The Bertz CT molecular complexity index is 658. The van der Waals surface area contributed by atoms with Crippen LogP contribution >= 0.6 is 15.9 Å². The molecule has 0 aliphatic carbocycles. The minimum absolute atomic E-state index is 0.0460. The molecular weight excluding hydrogens is 343 g/mol. The Morgan fingerprint density at radius 2 is 1.76 bits per heavy atom. The average Bonchev–Trinajstić information content (AvgIpc) is 2.45. The van der Waals surface area contributed by atoms with E-state index in [0.29, 0.717) is 17.7 Å². The van der Waals surface area contributed by atoms with Crippen LogP contribution in [0.5, 0.6) is 0 Å². The number of rotatable bonds is 4. The van der Waals surface area contributed by atoms with Gasteiger partial charge in [0.15, 0.2) is 0 Å². The smallest absolute Gasteiger partial charge is 0.137 e. The van der Waals surface area contributed by atoms with Gasteiger partial charge in [-0.1, -0.05) is 19.1 Å². The van der Waals surface area contributed by atoms with Crippen LogP contribution in [-0.4, -0.2) is 6.54 Å². The highest BCUT2D eigenvalue weighted by Gasteiger charge is 2.23. The molecule has 0 spiro atoms. The lowest BCUT2D eigenvalue weighted by atomic mass is 9.96. The molecule has 0 aliphatic rings. The van der Waals surface area contributed by atoms with Crippen molar-refractivity contribution in [2.45, 2.75) is 19.9 Å². The molecule has 1 N–H and O–H groups in total. The van der Waals surface area contributed by atoms with Gasteiger partial charge in [0, 0.05) is 5.56 Å². The Morgan fingerprint density at radius 3 is 2.38 bits per heavy atom. The summed E-state index contributed by atoms with van der Waals surface area (Å²) in [6, 6.07) is 6.30. The van der Waals surface area contributed by atoms with E-state index in [2.05, 4.69) is 21.2 Å². The quantitative estimate of drug-likeness (QED) is 0.822. The third-order valence-electron chi connectivity index (χ3n) is 3.29. The van der Waals surface area contributed by atoms with E-state index < -0.39 is 23.5 Å². The Labute approximate surface area is 130 Å². The molecular formula is C16H15BrF3N. The minimum Gasteiger partial charge on any atom is -0.306 e. The van der Waals surface area contributed by atoms with E-state index in [0.717, 1.165) is 0 Å². The van der Waals surface area contributed by atoms with E-state index in [-0.39, 0.29) is 10.0 Å². The number of aryl methyl sites for hydroxylation is 1. The zero-order valence-corrected chi connectivity index (χ0v) is 13.3. The third-order valence-corrected chi connectivity index (χ3v) is 3.90. The Kier molecular flexibility index (Phi) is 5.06. The molecule has 1 unspecified atom stereocenters. The van der Waals surface area contributed by atoms with Gasteiger partial charge in [-0.25, -0.2) is 13.2 Å². The molecule has 0 aromatic heterocycles. The Balaban J connectivity index is 2.58. The lowest BCUT2D eigenvalue weighted by Crippen LogP contribution is -2.24. The van der Waals surface area contributed by atoms with E-state index in [9.17, 15) is 13.2 Å². The summed E-state index contributed by atoms with van der Waals surface area (Å²) < 4.78 is 42.1. The first-order valence-electron chi connectivity index (χ1n) is 6.58. The second-order valence-corrected chi connectivity index (χ2v) is 5.61. The fraction of sp³-hybridized carbons (Fsp3) is 0.250. The van der Waals surface area contributed by atoms with Gasteiger partial charge in [0.2, 0.25) is 0 Å². The largest absolute Gasteiger partial charge is 0.306 e. The van der Waals surface area contributed by atoms with Crippen LogP contribution in [-0.2, 0) is 0 Å². The molecule has 0 fully saturated rings. The number of benzene rings is 2. The van der Waals surface area contributed by atoms with Crippen molar-refractivity contribution in [2.75, 3.05) is 6.54 Å². The van der Waals surface area contributed by atoms with Crippen molar-refractivity contribution in [3.05, 3.63) is 68.9 Å². The van der Waals surface area contributed by atoms with Gasteiger partial charge in [-0.15, -0.1) is 0 Å². The first kappa shape index (κ1) is 16.0. The van der Waals surface area contributed by atoms with E-state index in [1.807, 2.05) is 6.92 Å². The fourth-order valence-electron chi connectivity index (χ4n) is 2.23. The lowest BCUT2D eigenvalue weighted by Gasteiger charge is -2.21. The highest BCUT2D eigenvalue weighted by molar-refractivity contribution is 9.10. The first-order chi connectivity index (χ1) is 9.95. The predicted octanol–water partition coefficient (Wildman–Crippen LogP) is 4.87. The molecule has 0 amide bonds. The number of hydrogen-bond donors (Lipinski definition) is 1. The molecule has 0 radical (unpaired) electrons. The molecule has 2 aromatic rings. The third kappa shape index (κ3) is 3.30. The molecule has 0 saturated carbocycles. The highest BCUT2D eigenvalue weighted by Crippen LogP contribution is 2.30. The summed E-state index contributed by atoms with van der Waals surface area (Å²) in [5, 5.41) is 3.05. The van der Waals surface area contributed by atoms with Crippen LogP contribution in [0.1, 0.15) is 29.7 Å². The maximum absolute atomic E-state index is 14.3. The molecule has 0 saturated heterocycles. The van der Waals surface area contributed by atoms with Crippen LogP contribution in [0.3, 0.4) is 0 Å². The van der Waals surface area contributed by atoms with Crippen LogP contribution in [0, 0.1) is 24.4 Å². The SMILES string of the molecule is CCNC(c1ccc(F)c(Br)c1)c1c(F)ccc(C)c1F. The van der Waals surface area contributed by atoms with Crippen molar-refractivity contribution in [3.63, 3.8) is 0 Å². The second kappa shape index (κ2) is 6.62. The van der Waals surface area contributed by atoms with Gasteiger partial charge in [-0.3, -0.25) is 0 Å². The summed E-state index contributed by atoms with van der Waals surface area (Å²) in [5.74, 6) is -1.62. The maximum Gasteiger partial charge on any atom is 0.137 e. The number of nitrogens with one attached hydrogen (secondary N) is 1. The zero-order chi connectivity index (χ0) is 15.6. The van der Waals surface area contributed by atoms with Gasteiger partial charge < -0.3 is 5.32 Å².